The van der Waals surface area contributed by atoms with Crippen molar-refractivity contribution >= 4 is 33.0 Å². The number of hydrogen-bond acceptors (Lipinski definition) is 3. The molecule has 4 heteroatoms. The van der Waals surface area contributed by atoms with Crippen LogP contribution < -0.4 is 0 Å². The van der Waals surface area contributed by atoms with Gasteiger partial charge in [0.2, 0.25) is 0 Å². The van der Waals surface area contributed by atoms with Crippen molar-refractivity contribution in [2.45, 2.75) is 5.92 Å². The second-order valence-corrected chi connectivity index (χ2v) is 4.12. The molecule has 2 aromatic heterocycles. The Labute approximate surface area is 90.8 Å². The van der Waals surface area contributed by atoms with E-state index in [1.807, 2.05) is 17.5 Å². The molecule has 2 aromatic rings. The molecule has 0 radical (unpaired) electrons. The van der Waals surface area contributed by atoms with E-state index in [9.17, 15) is 0 Å². The zero-order chi connectivity index (χ0) is 9.97. The van der Waals surface area contributed by atoms with Crippen LogP contribution in [-0.2, 0) is 0 Å². The molecule has 0 aliphatic heterocycles. The molecule has 0 bridgehead atoms. The summed E-state index contributed by atoms with van der Waals surface area (Å²) in [5, 5.41) is 11.9. The summed E-state index contributed by atoms with van der Waals surface area (Å²) in [6.45, 7) is 0. The molecule has 0 saturated carbocycles. The van der Waals surface area contributed by atoms with Gasteiger partial charge in [-0.1, -0.05) is 0 Å². The number of hydrogen-bond donors (Lipinski definition) is 0. The van der Waals surface area contributed by atoms with Gasteiger partial charge in [0.05, 0.1) is 11.8 Å². The SMILES string of the molecule is N#CC(CCl)c1nccc2sccc12. The highest BCUT2D eigenvalue weighted by atomic mass is 35.5. The van der Waals surface area contributed by atoms with Crippen molar-refractivity contribution in [2.24, 2.45) is 0 Å². The molecule has 2 nitrogen and oxygen atoms in total. The fourth-order valence-electron chi connectivity index (χ4n) is 1.36. The number of rotatable bonds is 2. The minimum absolute atomic E-state index is 0.290. The van der Waals surface area contributed by atoms with Crippen LogP contribution in [0.15, 0.2) is 23.7 Å². The van der Waals surface area contributed by atoms with Crippen LogP contribution in [0.5, 0.6) is 0 Å². The van der Waals surface area contributed by atoms with Gasteiger partial charge in [-0.3, -0.25) is 4.98 Å². The average Bonchev–Trinajstić information content (AvgIpc) is 2.68. The number of aromatic nitrogens is 1. The molecule has 0 aliphatic rings. The van der Waals surface area contributed by atoms with Gasteiger partial charge in [0.25, 0.3) is 0 Å². The molecule has 14 heavy (non-hydrogen) atoms. The molecular formula is C10H7ClN2S. The number of thiophene rings is 1. The molecule has 0 aromatic carbocycles. The smallest absolute Gasteiger partial charge is 0.103 e. The van der Waals surface area contributed by atoms with Gasteiger partial charge < -0.3 is 0 Å². The molecule has 0 N–H and O–H groups in total. The van der Waals surface area contributed by atoms with Crippen molar-refractivity contribution in [3.05, 3.63) is 29.4 Å². The number of alkyl halides is 1. The van der Waals surface area contributed by atoms with Crippen LogP contribution in [0.4, 0.5) is 0 Å². The van der Waals surface area contributed by atoms with Crippen LogP contribution in [0.3, 0.4) is 0 Å². The first-order valence-electron chi connectivity index (χ1n) is 4.14. The van der Waals surface area contributed by atoms with Crippen molar-refractivity contribution in [3.63, 3.8) is 0 Å². The van der Waals surface area contributed by atoms with Crippen molar-refractivity contribution < 1.29 is 0 Å². The average molecular weight is 223 g/mol. The largest absolute Gasteiger partial charge is 0.259 e. The van der Waals surface area contributed by atoms with Crippen molar-refractivity contribution in [1.29, 1.82) is 5.26 Å². The Hall–Kier alpha value is -1.11. The summed E-state index contributed by atoms with van der Waals surface area (Å²) < 4.78 is 1.15. The fraction of sp³-hybridized carbons (Fsp3) is 0.200. The third-order valence-electron chi connectivity index (χ3n) is 2.05. The maximum atomic E-state index is 8.91. The third-order valence-corrected chi connectivity index (χ3v) is 3.24. The van der Waals surface area contributed by atoms with Gasteiger partial charge >= 0.3 is 0 Å². The molecule has 0 spiro atoms. The lowest BCUT2D eigenvalue weighted by atomic mass is 10.1. The lowest BCUT2D eigenvalue weighted by Crippen LogP contribution is -2.00. The topological polar surface area (TPSA) is 36.7 Å². The molecule has 0 saturated heterocycles. The molecule has 0 fully saturated rings. The first kappa shape index (κ1) is 9.45. The van der Waals surface area contributed by atoms with E-state index in [1.165, 1.54) is 0 Å². The second kappa shape index (κ2) is 3.95. The van der Waals surface area contributed by atoms with Crippen LogP contribution in [0.25, 0.3) is 10.1 Å². The van der Waals surface area contributed by atoms with Crippen molar-refractivity contribution in [3.8, 4) is 6.07 Å². The van der Waals surface area contributed by atoms with Gasteiger partial charge in [-0.15, -0.1) is 22.9 Å². The van der Waals surface area contributed by atoms with Crippen molar-refractivity contribution in [2.75, 3.05) is 5.88 Å². The second-order valence-electron chi connectivity index (χ2n) is 2.86. The summed E-state index contributed by atoms with van der Waals surface area (Å²) in [7, 11) is 0. The number of nitrogens with zero attached hydrogens (tertiary/aromatic N) is 2. The van der Waals surface area contributed by atoms with E-state index in [-0.39, 0.29) is 5.92 Å². The number of halogens is 1. The summed E-state index contributed by atoms with van der Waals surface area (Å²) >= 11 is 7.36. The molecule has 1 unspecified atom stereocenters. The van der Waals surface area contributed by atoms with Gasteiger partial charge in [0.1, 0.15) is 5.92 Å². The Bertz CT molecular complexity index is 486. The molecular weight excluding hydrogens is 216 g/mol. The fourth-order valence-corrected chi connectivity index (χ4v) is 2.37. The maximum Gasteiger partial charge on any atom is 0.103 e. The van der Waals surface area contributed by atoms with E-state index in [4.69, 9.17) is 16.9 Å². The standard InChI is InChI=1S/C10H7ClN2S/c11-5-7(6-12)10-8-2-4-14-9(8)1-3-13-10/h1-4,7H,5H2. The van der Waals surface area contributed by atoms with Gasteiger partial charge in [-0.2, -0.15) is 5.26 Å². The lowest BCUT2D eigenvalue weighted by Gasteiger charge is -2.04. The number of nitriles is 1. The highest BCUT2D eigenvalue weighted by Gasteiger charge is 2.14. The Morgan fingerprint density at radius 2 is 2.43 bits per heavy atom. The summed E-state index contributed by atoms with van der Waals surface area (Å²) in [4.78, 5) is 4.22. The van der Waals surface area contributed by atoms with Crippen molar-refractivity contribution in [1.82, 2.24) is 4.98 Å². The molecule has 0 amide bonds. The molecule has 70 valence electrons. The third kappa shape index (κ3) is 1.47. The monoisotopic (exact) mass is 222 g/mol. The minimum atomic E-state index is -0.310. The zero-order valence-electron chi connectivity index (χ0n) is 7.27. The van der Waals surface area contributed by atoms with Gasteiger partial charge in [-0.25, -0.2) is 0 Å². The summed E-state index contributed by atoms with van der Waals surface area (Å²) in [6.07, 6.45) is 1.73. The Balaban J connectivity index is 2.62. The summed E-state index contributed by atoms with van der Waals surface area (Å²) in [5.41, 5.74) is 0.793. The number of pyridine rings is 1. The van der Waals surface area contributed by atoms with E-state index in [1.54, 1.807) is 17.5 Å². The molecule has 0 aliphatic carbocycles. The van der Waals surface area contributed by atoms with Crippen LogP contribution in [0, 0.1) is 11.3 Å². The first-order valence-corrected chi connectivity index (χ1v) is 5.56. The highest BCUT2D eigenvalue weighted by Crippen LogP contribution is 2.27. The Morgan fingerprint density at radius 1 is 1.57 bits per heavy atom. The molecule has 2 heterocycles. The number of fused-ring (bicyclic) bond motifs is 1. The Morgan fingerprint density at radius 3 is 3.14 bits per heavy atom. The maximum absolute atomic E-state index is 8.91. The van der Waals surface area contributed by atoms with E-state index in [2.05, 4.69) is 11.1 Å². The van der Waals surface area contributed by atoms with Gasteiger partial charge in [0, 0.05) is 22.2 Å². The predicted octanol–water partition coefficient (Wildman–Crippen LogP) is 3.14. The summed E-state index contributed by atoms with van der Waals surface area (Å²) in [6, 6.07) is 6.10. The lowest BCUT2D eigenvalue weighted by molar-refractivity contribution is 0.944. The van der Waals surface area contributed by atoms with E-state index in [0.29, 0.717) is 5.88 Å². The van der Waals surface area contributed by atoms with E-state index in [0.717, 1.165) is 15.8 Å². The van der Waals surface area contributed by atoms with E-state index < -0.39 is 0 Å². The van der Waals surface area contributed by atoms with Crippen LogP contribution in [0.2, 0.25) is 0 Å². The molecule has 2 rings (SSSR count). The zero-order valence-corrected chi connectivity index (χ0v) is 8.85. The van der Waals surface area contributed by atoms with Crippen LogP contribution >= 0.6 is 22.9 Å². The van der Waals surface area contributed by atoms with Crippen LogP contribution in [0.1, 0.15) is 11.6 Å². The molecule has 1 atom stereocenters. The van der Waals surface area contributed by atoms with Gasteiger partial charge in [0.15, 0.2) is 0 Å². The first-order chi connectivity index (χ1) is 6.86. The summed E-state index contributed by atoms with van der Waals surface area (Å²) in [5.74, 6) is -0.0201. The predicted molar refractivity (Wildman–Crippen MR) is 58.7 cm³/mol. The Kier molecular flexibility index (Phi) is 2.67. The van der Waals surface area contributed by atoms with Crippen LogP contribution in [-0.4, -0.2) is 10.9 Å². The van der Waals surface area contributed by atoms with Gasteiger partial charge in [-0.05, 0) is 17.5 Å². The van der Waals surface area contributed by atoms with E-state index >= 15 is 0 Å². The normalized spacial score (nSPS) is 12.6. The quantitative estimate of drug-likeness (QED) is 0.732. The highest BCUT2D eigenvalue weighted by molar-refractivity contribution is 7.17. The minimum Gasteiger partial charge on any atom is -0.259 e.